The fourth-order valence-electron chi connectivity index (χ4n) is 2.60. The normalized spacial score (nSPS) is 10.8. The van der Waals surface area contributed by atoms with Gasteiger partial charge in [-0.1, -0.05) is 36.4 Å². The summed E-state index contributed by atoms with van der Waals surface area (Å²) in [7, 11) is 1.81. The number of benzene rings is 2. The van der Waals surface area contributed by atoms with Gasteiger partial charge in [-0.15, -0.1) is 0 Å². The third kappa shape index (κ3) is 2.42. The molecule has 0 radical (unpaired) electrons. The lowest BCUT2D eigenvalue weighted by Crippen LogP contribution is -2.01. The number of rotatable bonds is 3. The maximum absolute atomic E-state index is 4.74. The van der Waals surface area contributed by atoms with Gasteiger partial charge in [-0.3, -0.25) is 0 Å². The highest BCUT2D eigenvalue weighted by Gasteiger charge is 2.11. The molecule has 5 heteroatoms. The highest BCUT2D eigenvalue weighted by atomic mass is 15.1. The average Bonchev–Trinajstić information content (AvgIpc) is 2.62. The van der Waals surface area contributed by atoms with E-state index in [1.54, 1.807) is 7.05 Å². The molecule has 2 heterocycles. The summed E-state index contributed by atoms with van der Waals surface area (Å²) in [6, 6.07) is 18.0. The highest BCUT2D eigenvalue weighted by Crippen LogP contribution is 2.29. The molecule has 4 aromatic rings. The van der Waals surface area contributed by atoms with Crippen molar-refractivity contribution in [1.29, 1.82) is 0 Å². The van der Waals surface area contributed by atoms with Crippen LogP contribution in [0.3, 0.4) is 0 Å². The molecule has 2 N–H and O–H groups in total. The molecule has 0 aliphatic rings. The van der Waals surface area contributed by atoms with Gasteiger partial charge >= 0.3 is 0 Å². The van der Waals surface area contributed by atoms with Gasteiger partial charge in [0.2, 0.25) is 5.95 Å². The van der Waals surface area contributed by atoms with E-state index in [9.17, 15) is 0 Å². The molecule has 112 valence electrons. The summed E-state index contributed by atoms with van der Waals surface area (Å²) in [6.45, 7) is 0. The number of hydrogen-bond donors (Lipinski definition) is 2. The lowest BCUT2D eigenvalue weighted by molar-refractivity contribution is 1.19. The number of pyridine rings is 1. The van der Waals surface area contributed by atoms with Crippen LogP contribution in [-0.4, -0.2) is 22.0 Å². The van der Waals surface area contributed by atoms with Crippen molar-refractivity contribution in [2.75, 3.05) is 17.7 Å². The molecule has 0 fully saturated rings. The van der Waals surface area contributed by atoms with Gasteiger partial charge in [0.15, 0.2) is 5.82 Å². The van der Waals surface area contributed by atoms with Crippen LogP contribution >= 0.6 is 0 Å². The first-order valence-electron chi connectivity index (χ1n) is 7.40. The van der Waals surface area contributed by atoms with Gasteiger partial charge in [-0.05, 0) is 18.2 Å². The standard InChI is InChI=1S/C18H15N5/c1-19-18-20-11-14-13-9-5-6-10-15(13)22-17(16(14)23-18)21-12-7-3-2-4-8-12/h2-11H,1H3,(H,21,22)(H,19,20,23). The van der Waals surface area contributed by atoms with E-state index < -0.39 is 0 Å². The van der Waals surface area contributed by atoms with E-state index in [1.807, 2.05) is 60.8 Å². The number of anilines is 3. The van der Waals surface area contributed by atoms with Gasteiger partial charge in [0.25, 0.3) is 0 Å². The van der Waals surface area contributed by atoms with Crippen LogP contribution in [0, 0.1) is 0 Å². The summed E-state index contributed by atoms with van der Waals surface area (Å²) in [5, 5.41) is 8.37. The Labute approximate surface area is 133 Å². The predicted octanol–water partition coefficient (Wildman–Crippen LogP) is 3.96. The summed E-state index contributed by atoms with van der Waals surface area (Å²) in [5.41, 5.74) is 2.69. The molecule has 0 spiro atoms. The predicted molar refractivity (Wildman–Crippen MR) is 94.1 cm³/mol. The van der Waals surface area contributed by atoms with Crippen LogP contribution in [0.25, 0.3) is 21.8 Å². The summed E-state index contributed by atoms with van der Waals surface area (Å²) < 4.78 is 0. The van der Waals surface area contributed by atoms with Gasteiger partial charge in [0.05, 0.1) is 5.52 Å². The van der Waals surface area contributed by atoms with Crippen LogP contribution in [0.1, 0.15) is 0 Å². The van der Waals surface area contributed by atoms with E-state index in [0.717, 1.165) is 33.3 Å². The Hall–Kier alpha value is -3.21. The third-order valence-electron chi connectivity index (χ3n) is 3.70. The highest BCUT2D eigenvalue weighted by molar-refractivity contribution is 6.08. The Kier molecular flexibility index (Phi) is 3.24. The summed E-state index contributed by atoms with van der Waals surface area (Å²) in [4.78, 5) is 13.7. The molecule has 0 aliphatic carbocycles. The van der Waals surface area contributed by atoms with Gasteiger partial charge < -0.3 is 10.6 Å². The molecule has 0 atom stereocenters. The van der Waals surface area contributed by atoms with Crippen molar-refractivity contribution in [3.05, 3.63) is 60.8 Å². The minimum Gasteiger partial charge on any atom is -0.357 e. The van der Waals surface area contributed by atoms with Crippen molar-refractivity contribution in [2.24, 2.45) is 0 Å². The Bertz CT molecular complexity index is 982. The molecule has 2 aromatic heterocycles. The van der Waals surface area contributed by atoms with E-state index >= 15 is 0 Å². The largest absolute Gasteiger partial charge is 0.357 e. The number of para-hydroxylation sites is 2. The van der Waals surface area contributed by atoms with Crippen molar-refractivity contribution in [2.45, 2.75) is 0 Å². The Morgan fingerprint density at radius 2 is 1.61 bits per heavy atom. The Morgan fingerprint density at radius 1 is 0.826 bits per heavy atom. The first-order chi connectivity index (χ1) is 11.3. The van der Waals surface area contributed by atoms with E-state index in [2.05, 4.69) is 20.6 Å². The van der Waals surface area contributed by atoms with Crippen molar-refractivity contribution < 1.29 is 0 Å². The molecular weight excluding hydrogens is 286 g/mol. The van der Waals surface area contributed by atoms with Crippen LogP contribution in [0.2, 0.25) is 0 Å². The van der Waals surface area contributed by atoms with Crippen molar-refractivity contribution in [1.82, 2.24) is 15.0 Å². The fourth-order valence-corrected chi connectivity index (χ4v) is 2.60. The second-order valence-corrected chi connectivity index (χ2v) is 5.17. The van der Waals surface area contributed by atoms with Gasteiger partial charge in [-0.25, -0.2) is 15.0 Å². The molecule has 4 rings (SSSR count). The summed E-state index contributed by atoms with van der Waals surface area (Å²) in [6.07, 6.45) is 1.84. The SMILES string of the molecule is CNc1ncc2c(n1)c(Nc1ccccc1)nc1ccccc12. The van der Waals surface area contributed by atoms with E-state index in [-0.39, 0.29) is 0 Å². The average molecular weight is 301 g/mol. The molecule has 0 saturated carbocycles. The molecule has 0 bridgehead atoms. The zero-order chi connectivity index (χ0) is 15.6. The zero-order valence-corrected chi connectivity index (χ0v) is 12.6. The molecule has 0 unspecified atom stereocenters. The van der Waals surface area contributed by atoms with E-state index in [4.69, 9.17) is 4.98 Å². The fraction of sp³-hybridized carbons (Fsp3) is 0.0556. The molecule has 23 heavy (non-hydrogen) atoms. The van der Waals surface area contributed by atoms with Crippen LogP contribution in [0.15, 0.2) is 60.8 Å². The second-order valence-electron chi connectivity index (χ2n) is 5.17. The number of aromatic nitrogens is 3. The minimum absolute atomic E-state index is 0.575. The maximum Gasteiger partial charge on any atom is 0.223 e. The van der Waals surface area contributed by atoms with Crippen molar-refractivity contribution in [3.8, 4) is 0 Å². The lowest BCUT2D eigenvalue weighted by atomic mass is 10.1. The van der Waals surface area contributed by atoms with Crippen LogP contribution < -0.4 is 10.6 Å². The van der Waals surface area contributed by atoms with Crippen LogP contribution in [0.4, 0.5) is 17.5 Å². The monoisotopic (exact) mass is 301 g/mol. The number of nitrogens with zero attached hydrogens (tertiary/aromatic N) is 3. The molecular formula is C18H15N5. The number of hydrogen-bond acceptors (Lipinski definition) is 5. The Balaban J connectivity index is 1.99. The van der Waals surface area contributed by atoms with Crippen LogP contribution in [0.5, 0.6) is 0 Å². The topological polar surface area (TPSA) is 62.7 Å². The molecule has 5 nitrogen and oxygen atoms in total. The summed E-state index contributed by atoms with van der Waals surface area (Å²) >= 11 is 0. The van der Waals surface area contributed by atoms with Crippen molar-refractivity contribution in [3.63, 3.8) is 0 Å². The third-order valence-corrected chi connectivity index (χ3v) is 3.70. The van der Waals surface area contributed by atoms with Crippen LogP contribution in [-0.2, 0) is 0 Å². The Morgan fingerprint density at radius 3 is 2.43 bits per heavy atom. The van der Waals surface area contributed by atoms with E-state index in [0.29, 0.717) is 5.95 Å². The molecule has 0 amide bonds. The van der Waals surface area contributed by atoms with Gasteiger partial charge in [-0.2, -0.15) is 0 Å². The van der Waals surface area contributed by atoms with Crippen molar-refractivity contribution >= 4 is 39.3 Å². The van der Waals surface area contributed by atoms with Gasteiger partial charge in [0.1, 0.15) is 5.52 Å². The van der Waals surface area contributed by atoms with E-state index in [1.165, 1.54) is 0 Å². The molecule has 0 saturated heterocycles. The molecule has 0 aliphatic heterocycles. The smallest absolute Gasteiger partial charge is 0.223 e. The minimum atomic E-state index is 0.575. The quantitative estimate of drug-likeness (QED) is 0.561. The maximum atomic E-state index is 4.74. The zero-order valence-electron chi connectivity index (χ0n) is 12.6. The number of fused-ring (bicyclic) bond motifs is 3. The second kappa shape index (κ2) is 5.53. The first kappa shape index (κ1) is 13.5. The van der Waals surface area contributed by atoms with Gasteiger partial charge in [0, 0.05) is 29.7 Å². The molecule has 2 aromatic carbocycles. The summed E-state index contributed by atoms with van der Waals surface area (Å²) in [5.74, 6) is 1.30. The lowest BCUT2D eigenvalue weighted by Gasteiger charge is -2.11. The first-order valence-corrected chi connectivity index (χ1v) is 7.40. The number of nitrogens with one attached hydrogen (secondary N) is 2.